The van der Waals surface area contributed by atoms with Gasteiger partial charge in [-0.15, -0.1) is 0 Å². The van der Waals surface area contributed by atoms with Gasteiger partial charge in [0.1, 0.15) is 0 Å². The van der Waals surface area contributed by atoms with Gasteiger partial charge in [-0.3, -0.25) is 4.72 Å². The third-order valence-electron chi connectivity index (χ3n) is 3.64. The number of hydrogen-bond acceptors (Lipinski definition) is 2. The predicted octanol–water partition coefficient (Wildman–Crippen LogP) is 5.12. The second-order valence-electron chi connectivity index (χ2n) is 5.47. The van der Waals surface area contributed by atoms with E-state index in [9.17, 15) is 8.42 Å². The van der Waals surface area contributed by atoms with Crippen LogP contribution in [0.2, 0.25) is 5.02 Å². The fraction of sp³-hybridized carbons (Fsp3) is 0.0526. The molecule has 0 fully saturated rings. The van der Waals surface area contributed by atoms with Crippen molar-refractivity contribution in [2.45, 2.75) is 11.8 Å². The minimum Gasteiger partial charge on any atom is -0.279 e. The fourth-order valence-corrected chi connectivity index (χ4v) is 3.63. The normalized spacial score (nSPS) is 11.2. The van der Waals surface area contributed by atoms with Crippen molar-refractivity contribution in [2.75, 3.05) is 4.72 Å². The van der Waals surface area contributed by atoms with Crippen LogP contribution >= 0.6 is 11.6 Å². The van der Waals surface area contributed by atoms with E-state index in [2.05, 4.69) is 4.72 Å². The lowest BCUT2D eigenvalue weighted by Gasteiger charge is -2.13. The van der Waals surface area contributed by atoms with E-state index in [1.165, 1.54) is 0 Å². The number of anilines is 1. The van der Waals surface area contributed by atoms with Gasteiger partial charge in [-0.1, -0.05) is 65.7 Å². The average Bonchev–Trinajstić information content (AvgIpc) is 2.56. The Labute approximate surface area is 147 Å². The lowest BCUT2D eigenvalue weighted by atomic mass is 10.0. The van der Waals surface area contributed by atoms with Gasteiger partial charge in [-0.05, 0) is 36.8 Å². The van der Waals surface area contributed by atoms with E-state index in [1.54, 1.807) is 36.4 Å². The highest BCUT2D eigenvalue weighted by Gasteiger charge is 2.16. The fourth-order valence-electron chi connectivity index (χ4n) is 2.39. The van der Waals surface area contributed by atoms with Gasteiger partial charge in [0.15, 0.2) is 0 Å². The molecule has 24 heavy (non-hydrogen) atoms. The monoisotopic (exact) mass is 357 g/mol. The molecular formula is C19H16ClNO2S. The topological polar surface area (TPSA) is 46.2 Å². The number of hydrogen-bond donors (Lipinski definition) is 1. The Morgan fingerprint density at radius 1 is 0.875 bits per heavy atom. The second-order valence-corrected chi connectivity index (χ2v) is 7.59. The molecule has 0 atom stereocenters. The van der Waals surface area contributed by atoms with E-state index in [1.807, 2.05) is 43.3 Å². The van der Waals surface area contributed by atoms with Crippen molar-refractivity contribution in [3.05, 3.63) is 83.4 Å². The standard InChI is InChI=1S/C19H16ClNO2S/c1-14-7-10-17(11-8-14)24(22,23)21-19-13-16(20)9-12-18(19)15-5-3-2-4-6-15/h2-13,21H,1H3. The van der Waals surface area contributed by atoms with E-state index in [0.717, 1.165) is 16.7 Å². The van der Waals surface area contributed by atoms with Gasteiger partial charge in [0.05, 0.1) is 10.6 Å². The lowest BCUT2D eigenvalue weighted by molar-refractivity contribution is 0.601. The molecule has 0 aliphatic heterocycles. The van der Waals surface area contributed by atoms with Crippen molar-refractivity contribution in [3.63, 3.8) is 0 Å². The first-order valence-corrected chi connectivity index (χ1v) is 9.26. The Morgan fingerprint density at radius 2 is 1.54 bits per heavy atom. The predicted molar refractivity (Wildman–Crippen MR) is 98.9 cm³/mol. The summed E-state index contributed by atoms with van der Waals surface area (Å²) in [6.45, 7) is 1.91. The molecule has 3 rings (SSSR count). The van der Waals surface area contributed by atoms with Crippen molar-refractivity contribution < 1.29 is 8.42 Å². The summed E-state index contributed by atoms with van der Waals surface area (Å²) in [5, 5.41) is 0.469. The summed E-state index contributed by atoms with van der Waals surface area (Å²) in [6, 6.07) is 21.5. The van der Waals surface area contributed by atoms with Crippen LogP contribution in [0.1, 0.15) is 5.56 Å². The summed E-state index contributed by atoms with van der Waals surface area (Å²) in [6.07, 6.45) is 0. The number of aryl methyl sites for hydroxylation is 1. The average molecular weight is 358 g/mol. The third-order valence-corrected chi connectivity index (χ3v) is 5.26. The molecule has 0 aliphatic rings. The molecule has 0 amide bonds. The molecule has 3 aromatic carbocycles. The first kappa shape index (κ1) is 16.6. The Balaban J connectivity index is 2.03. The molecule has 0 heterocycles. The van der Waals surface area contributed by atoms with E-state index in [4.69, 9.17) is 11.6 Å². The molecule has 3 nitrogen and oxygen atoms in total. The molecule has 0 saturated heterocycles. The molecule has 0 aliphatic carbocycles. The van der Waals surface area contributed by atoms with Crippen LogP contribution in [0, 0.1) is 6.92 Å². The van der Waals surface area contributed by atoms with Crippen LogP contribution in [0.5, 0.6) is 0 Å². The maximum Gasteiger partial charge on any atom is 0.261 e. The zero-order valence-electron chi connectivity index (χ0n) is 13.0. The van der Waals surface area contributed by atoms with Crippen LogP contribution in [0.25, 0.3) is 11.1 Å². The minimum absolute atomic E-state index is 0.215. The number of halogens is 1. The van der Waals surface area contributed by atoms with E-state index in [-0.39, 0.29) is 4.90 Å². The van der Waals surface area contributed by atoms with Gasteiger partial charge in [0.25, 0.3) is 10.0 Å². The van der Waals surface area contributed by atoms with Crippen LogP contribution in [0.15, 0.2) is 77.7 Å². The highest BCUT2D eigenvalue weighted by atomic mass is 35.5. The number of nitrogens with one attached hydrogen (secondary N) is 1. The summed E-state index contributed by atoms with van der Waals surface area (Å²) in [7, 11) is -3.69. The van der Waals surface area contributed by atoms with E-state index < -0.39 is 10.0 Å². The maximum absolute atomic E-state index is 12.7. The van der Waals surface area contributed by atoms with Gasteiger partial charge < -0.3 is 0 Å². The zero-order chi connectivity index (χ0) is 17.2. The SMILES string of the molecule is Cc1ccc(S(=O)(=O)Nc2cc(Cl)ccc2-c2ccccc2)cc1. The summed E-state index contributed by atoms with van der Waals surface area (Å²) in [4.78, 5) is 0.215. The van der Waals surface area contributed by atoms with E-state index >= 15 is 0 Å². The zero-order valence-corrected chi connectivity index (χ0v) is 14.6. The number of rotatable bonds is 4. The van der Waals surface area contributed by atoms with Crippen LogP contribution in [0.4, 0.5) is 5.69 Å². The Hall–Kier alpha value is -2.30. The van der Waals surface area contributed by atoms with Gasteiger partial charge in [0.2, 0.25) is 0 Å². The highest BCUT2D eigenvalue weighted by molar-refractivity contribution is 7.92. The molecule has 0 spiro atoms. The van der Waals surface area contributed by atoms with Crippen molar-refractivity contribution in [3.8, 4) is 11.1 Å². The van der Waals surface area contributed by atoms with Gasteiger partial charge in [-0.25, -0.2) is 8.42 Å². The highest BCUT2D eigenvalue weighted by Crippen LogP contribution is 2.32. The largest absolute Gasteiger partial charge is 0.279 e. The van der Waals surface area contributed by atoms with Crippen molar-refractivity contribution >= 4 is 27.3 Å². The summed E-state index contributed by atoms with van der Waals surface area (Å²) >= 11 is 6.07. The smallest absolute Gasteiger partial charge is 0.261 e. The summed E-state index contributed by atoms with van der Waals surface area (Å²) < 4.78 is 28.0. The van der Waals surface area contributed by atoms with Gasteiger partial charge >= 0.3 is 0 Å². The third kappa shape index (κ3) is 3.61. The van der Waals surface area contributed by atoms with Crippen molar-refractivity contribution in [1.82, 2.24) is 0 Å². The molecule has 0 bridgehead atoms. The van der Waals surface area contributed by atoms with E-state index in [0.29, 0.717) is 10.7 Å². The van der Waals surface area contributed by atoms with Gasteiger partial charge in [0, 0.05) is 10.6 Å². The first-order chi connectivity index (χ1) is 11.5. The lowest BCUT2D eigenvalue weighted by Crippen LogP contribution is -2.13. The Bertz CT molecular complexity index is 952. The van der Waals surface area contributed by atoms with Crippen LogP contribution < -0.4 is 4.72 Å². The molecule has 5 heteroatoms. The molecule has 3 aromatic rings. The number of sulfonamides is 1. The van der Waals surface area contributed by atoms with Crippen molar-refractivity contribution in [1.29, 1.82) is 0 Å². The summed E-state index contributed by atoms with van der Waals surface area (Å²) in [5.74, 6) is 0. The van der Waals surface area contributed by atoms with Gasteiger partial charge in [-0.2, -0.15) is 0 Å². The quantitative estimate of drug-likeness (QED) is 0.704. The molecule has 1 N–H and O–H groups in total. The molecule has 0 aromatic heterocycles. The molecule has 122 valence electrons. The minimum atomic E-state index is -3.69. The van der Waals surface area contributed by atoms with Crippen LogP contribution in [0.3, 0.4) is 0 Å². The van der Waals surface area contributed by atoms with Crippen molar-refractivity contribution in [2.24, 2.45) is 0 Å². The summed E-state index contributed by atoms with van der Waals surface area (Å²) in [5.41, 5.74) is 3.14. The molecule has 0 radical (unpaired) electrons. The Kier molecular flexibility index (Phi) is 4.60. The Morgan fingerprint density at radius 3 is 2.21 bits per heavy atom. The van der Waals surface area contributed by atoms with Crippen LogP contribution in [-0.2, 0) is 10.0 Å². The van der Waals surface area contributed by atoms with Crippen LogP contribution in [-0.4, -0.2) is 8.42 Å². The maximum atomic E-state index is 12.7. The molecular weight excluding hydrogens is 342 g/mol. The molecule has 0 saturated carbocycles. The second kappa shape index (κ2) is 6.67. The molecule has 0 unspecified atom stereocenters. The number of benzene rings is 3. The first-order valence-electron chi connectivity index (χ1n) is 7.40.